The smallest absolute Gasteiger partial charge is 0.319 e. The monoisotopic (exact) mass is 476 g/mol. The highest BCUT2D eigenvalue weighted by Crippen LogP contribution is 2.30. The van der Waals surface area contributed by atoms with E-state index in [0.717, 1.165) is 0 Å². The zero-order valence-corrected chi connectivity index (χ0v) is 19.3. The van der Waals surface area contributed by atoms with Crippen LogP contribution in [0.25, 0.3) is 0 Å². The van der Waals surface area contributed by atoms with Gasteiger partial charge >= 0.3 is 6.03 Å². The van der Waals surface area contributed by atoms with Crippen LogP contribution in [-0.4, -0.2) is 68.1 Å². The van der Waals surface area contributed by atoms with Crippen LogP contribution in [0.15, 0.2) is 59.5 Å². The van der Waals surface area contributed by atoms with Crippen molar-refractivity contribution < 1.29 is 28.0 Å². The molecule has 0 saturated carbocycles. The highest BCUT2D eigenvalue weighted by atomic mass is 32.2. The Morgan fingerprint density at radius 2 is 1.61 bits per heavy atom. The number of ether oxygens (including phenoxy) is 1. The van der Waals surface area contributed by atoms with Crippen LogP contribution in [0, 0.1) is 0 Å². The van der Waals surface area contributed by atoms with Crippen molar-refractivity contribution in [3.63, 3.8) is 0 Å². The molecular weight excluding hydrogens is 448 g/mol. The van der Waals surface area contributed by atoms with Gasteiger partial charge in [0.05, 0.1) is 4.90 Å². The number of urea groups is 1. The number of benzene rings is 2. The third-order valence-electron chi connectivity index (χ3n) is 5.46. The summed E-state index contributed by atoms with van der Waals surface area (Å²) in [5.41, 5.74) is 0.421. The highest BCUT2D eigenvalue weighted by Gasteiger charge is 2.41. The number of nitrogens with zero attached hydrogens (tertiary/aromatic N) is 2. The first-order chi connectivity index (χ1) is 15.6. The summed E-state index contributed by atoms with van der Waals surface area (Å²) in [6, 6.07) is 14.9. The number of amides is 3. The number of carbonyl (C=O) groups excluding carboxylic acids is 2. The van der Waals surface area contributed by atoms with Crippen LogP contribution in [-0.2, 0) is 14.8 Å². The first kappa shape index (κ1) is 24.5. The van der Waals surface area contributed by atoms with Crippen LogP contribution in [0.4, 0.5) is 4.79 Å². The van der Waals surface area contributed by atoms with Gasteiger partial charge in [-0.1, -0.05) is 18.2 Å². The number of para-hydroxylation sites is 1. The molecule has 2 aromatic rings. The van der Waals surface area contributed by atoms with E-state index in [2.05, 4.69) is 4.72 Å². The number of carbonyl (C=O) groups is 2. The van der Waals surface area contributed by atoms with E-state index >= 15 is 0 Å². The number of hydrogen-bond acceptors (Lipinski definition) is 6. The third kappa shape index (κ3) is 6.21. The van der Waals surface area contributed by atoms with Gasteiger partial charge in [0.1, 0.15) is 11.5 Å². The summed E-state index contributed by atoms with van der Waals surface area (Å²) >= 11 is 0. The minimum Gasteiger partial charge on any atom is -0.457 e. The summed E-state index contributed by atoms with van der Waals surface area (Å²) in [6.07, 6.45) is 0.171. The topological polar surface area (TPSA) is 128 Å². The second-order valence-corrected chi connectivity index (χ2v) is 9.83. The number of hydroxylamine groups is 1. The molecule has 33 heavy (non-hydrogen) atoms. The predicted molar refractivity (Wildman–Crippen MR) is 120 cm³/mol. The summed E-state index contributed by atoms with van der Waals surface area (Å²) in [7, 11) is -0.725. The Balaban J connectivity index is 1.76. The van der Waals surface area contributed by atoms with Crippen molar-refractivity contribution in [1.29, 1.82) is 0 Å². The Morgan fingerprint density at radius 1 is 1.03 bits per heavy atom. The molecule has 3 amide bonds. The quantitative estimate of drug-likeness (QED) is 0.415. The number of hydrogen-bond donors (Lipinski definition) is 3. The molecule has 1 heterocycles. The van der Waals surface area contributed by atoms with Crippen molar-refractivity contribution in [3.05, 3.63) is 54.6 Å². The lowest BCUT2D eigenvalue weighted by Crippen LogP contribution is -2.58. The summed E-state index contributed by atoms with van der Waals surface area (Å²) in [4.78, 5) is 27.2. The Bertz CT molecular complexity index is 1070. The second-order valence-electron chi connectivity index (χ2n) is 8.15. The summed E-state index contributed by atoms with van der Waals surface area (Å²) in [5.74, 6) is 0.390. The minimum atomic E-state index is -4.00. The number of sulfonamides is 1. The molecule has 0 bridgehead atoms. The molecule has 2 aromatic carbocycles. The fraction of sp³-hybridized carbons (Fsp3) is 0.364. The molecule has 0 unspecified atom stereocenters. The first-order valence-corrected chi connectivity index (χ1v) is 11.9. The van der Waals surface area contributed by atoms with Gasteiger partial charge < -0.3 is 14.5 Å². The number of nitrogens with one attached hydrogen (secondary N) is 2. The van der Waals surface area contributed by atoms with E-state index in [4.69, 9.17) is 9.94 Å². The van der Waals surface area contributed by atoms with E-state index in [9.17, 15) is 18.0 Å². The SMILES string of the molecule is CN(C)C(=O)N1CCC(CC(=O)NO)(NS(=O)(=O)c2ccc(Oc3ccccc3)cc2)CC1. The van der Waals surface area contributed by atoms with Crippen LogP contribution in [0.1, 0.15) is 19.3 Å². The van der Waals surface area contributed by atoms with Gasteiger partial charge in [0, 0.05) is 39.1 Å². The van der Waals surface area contributed by atoms with Gasteiger partial charge in [0.25, 0.3) is 0 Å². The van der Waals surface area contributed by atoms with E-state index in [1.807, 2.05) is 18.2 Å². The Morgan fingerprint density at radius 3 is 2.15 bits per heavy atom. The lowest BCUT2D eigenvalue weighted by atomic mass is 9.85. The number of rotatable bonds is 7. The first-order valence-electron chi connectivity index (χ1n) is 10.4. The number of likely N-dealkylation sites (tertiary alicyclic amines) is 1. The molecule has 11 heteroatoms. The van der Waals surface area contributed by atoms with Gasteiger partial charge in [0.2, 0.25) is 15.9 Å². The molecular formula is C22H28N4O6S. The molecule has 1 fully saturated rings. The summed E-state index contributed by atoms with van der Waals surface area (Å²) < 4.78 is 34.6. The normalized spacial score (nSPS) is 15.5. The number of piperidine rings is 1. The van der Waals surface area contributed by atoms with Crippen molar-refractivity contribution in [1.82, 2.24) is 20.0 Å². The largest absolute Gasteiger partial charge is 0.457 e. The Kier molecular flexibility index (Phi) is 7.57. The van der Waals surface area contributed by atoms with Crippen molar-refractivity contribution in [3.8, 4) is 11.5 Å². The van der Waals surface area contributed by atoms with Gasteiger partial charge in [-0.15, -0.1) is 0 Å². The lowest BCUT2D eigenvalue weighted by Gasteiger charge is -2.42. The van der Waals surface area contributed by atoms with Gasteiger partial charge in [0.15, 0.2) is 0 Å². The van der Waals surface area contributed by atoms with E-state index in [1.54, 1.807) is 48.7 Å². The molecule has 1 saturated heterocycles. The molecule has 3 rings (SSSR count). The van der Waals surface area contributed by atoms with Crippen LogP contribution in [0.5, 0.6) is 11.5 Å². The molecule has 1 aliphatic heterocycles. The molecule has 0 aliphatic carbocycles. The Labute approximate surface area is 193 Å². The van der Waals surface area contributed by atoms with Gasteiger partial charge in [-0.3, -0.25) is 10.0 Å². The average molecular weight is 477 g/mol. The molecule has 178 valence electrons. The van der Waals surface area contributed by atoms with Crippen LogP contribution >= 0.6 is 0 Å². The van der Waals surface area contributed by atoms with Crippen molar-refractivity contribution in [2.24, 2.45) is 0 Å². The molecule has 0 aromatic heterocycles. The van der Waals surface area contributed by atoms with E-state index < -0.39 is 21.5 Å². The van der Waals surface area contributed by atoms with Gasteiger partial charge in [-0.25, -0.2) is 23.4 Å². The average Bonchev–Trinajstić information content (AvgIpc) is 2.79. The summed E-state index contributed by atoms with van der Waals surface area (Å²) in [6.45, 7) is 0.532. The van der Waals surface area contributed by atoms with Crippen molar-refractivity contribution in [2.45, 2.75) is 29.7 Å². The molecule has 10 nitrogen and oxygen atoms in total. The standard InChI is InChI=1S/C22H28N4O6S/c1-25(2)21(28)26-14-12-22(13-15-26,16-20(27)23-29)24-33(30,31)19-10-8-18(9-11-19)32-17-6-4-3-5-7-17/h3-11,24,29H,12-16H2,1-2H3,(H,23,27). The minimum absolute atomic E-state index is 0.0125. The zero-order valence-electron chi connectivity index (χ0n) is 18.5. The molecule has 1 aliphatic rings. The van der Waals surface area contributed by atoms with Crippen LogP contribution < -0.4 is 14.9 Å². The molecule has 0 spiro atoms. The predicted octanol–water partition coefficient (Wildman–Crippen LogP) is 2.17. The zero-order chi connectivity index (χ0) is 24.1. The van der Waals surface area contributed by atoms with E-state index in [1.165, 1.54) is 17.0 Å². The second kappa shape index (κ2) is 10.2. The fourth-order valence-corrected chi connectivity index (χ4v) is 5.18. The fourth-order valence-electron chi connectivity index (χ4n) is 3.73. The molecule has 0 radical (unpaired) electrons. The van der Waals surface area contributed by atoms with Crippen molar-refractivity contribution >= 4 is 22.0 Å². The van der Waals surface area contributed by atoms with Gasteiger partial charge in [-0.2, -0.15) is 0 Å². The third-order valence-corrected chi connectivity index (χ3v) is 7.06. The maximum absolute atomic E-state index is 13.1. The van der Waals surface area contributed by atoms with Gasteiger partial charge in [-0.05, 0) is 49.2 Å². The van der Waals surface area contributed by atoms with Crippen molar-refractivity contribution in [2.75, 3.05) is 27.2 Å². The highest BCUT2D eigenvalue weighted by molar-refractivity contribution is 7.89. The van der Waals surface area contributed by atoms with Crippen LogP contribution in [0.3, 0.4) is 0 Å². The Hall–Kier alpha value is -3.15. The van der Waals surface area contributed by atoms with E-state index in [0.29, 0.717) is 11.5 Å². The van der Waals surface area contributed by atoms with Crippen LogP contribution in [0.2, 0.25) is 0 Å². The lowest BCUT2D eigenvalue weighted by molar-refractivity contribution is -0.131. The molecule has 0 atom stereocenters. The maximum atomic E-state index is 13.1. The molecule has 3 N–H and O–H groups in total. The maximum Gasteiger partial charge on any atom is 0.319 e. The summed E-state index contributed by atoms with van der Waals surface area (Å²) in [5, 5.41) is 9.00. The van der Waals surface area contributed by atoms with E-state index in [-0.39, 0.29) is 43.3 Å².